The van der Waals surface area contributed by atoms with E-state index in [1.165, 1.54) is 16.6 Å². The number of hydrogen-bond donors (Lipinski definition) is 0. The monoisotopic (exact) mass is 350 g/mol. The first-order valence-electron chi connectivity index (χ1n) is 5.73. The van der Waals surface area contributed by atoms with E-state index in [9.17, 15) is 0 Å². The number of alkyl halides is 1. The Morgan fingerprint density at radius 1 is 1.38 bits per heavy atom. The van der Waals surface area contributed by atoms with Crippen molar-refractivity contribution in [3.63, 3.8) is 0 Å². The number of hydrogen-bond acceptors (Lipinski definition) is 1. The van der Waals surface area contributed by atoms with E-state index in [1.807, 2.05) is 18.7 Å². The topological polar surface area (TPSA) is 17.8 Å². The van der Waals surface area contributed by atoms with E-state index in [4.69, 9.17) is 0 Å². The van der Waals surface area contributed by atoms with Crippen molar-refractivity contribution in [3.05, 3.63) is 15.9 Å². The van der Waals surface area contributed by atoms with Crippen molar-refractivity contribution < 1.29 is 0 Å². The summed E-state index contributed by atoms with van der Waals surface area (Å²) in [5.74, 6) is 0.751. The maximum Gasteiger partial charge on any atom is 0.0738 e. The van der Waals surface area contributed by atoms with Crippen molar-refractivity contribution in [2.75, 3.05) is 0 Å². The third kappa shape index (κ3) is 3.88. The lowest BCUT2D eigenvalue weighted by molar-refractivity contribution is 0.547. The molecule has 0 N–H and O–H groups in total. The summed E-state index contributed by atoms with van der Waals surface area (Å²) in [5, 5.41) is 4.40. The molecule has 0 aliphatic carbocycles. The molecule has 1 rings (SSSR count). The highest BCUT2D eigenvalue weighted by Gasteiger charge is 2.13. The van der Waals surface area contributed by atoms with Crippen LogP contribution in [0.3, 0.4) is 0 Å². The summed E-state index contributed by atoms with van der Waals surface area (Å²) in [7, 11) is 2.01. The van der Waals surface area contributed by atoms with E-state index in [1.54, 1.807) is 0 Å². The molecule has 0 saturated carbocycles. The lowest BCUT2D eigenvalue weighted by Gasteiger charge is -2.12. The number of rotatable bonds is 5. The maximum absolute atomic E-state index is 4.40. The molecule has 1 aromatic rings. The molecule has 0 bridgehead atoms. The van der Waals surface area contributed by atoms with Gasteiger partial charge in [0.05, 0.1) is 15.9 Å². The Morgan fingerprint density at radius 2 is 2.00 bits per heavy atom. The highest BCUT2D eigenvalue weighted by Crippen LogP contribution is 2.24. The van der Waals surface area contributed by atoms with Gasteiger partial charge in [-0.3, -0.25) is 4.68 Å². The third-order valence-electron chi connectivity index (χ3n) is 2.68. The Hall–Kier alpha value is 0.170. The minimum atomic E-state index is 0.606. The van der Waals surface area contributed by atoms with E-state index in [0.717, 1.165) is 24.5 Å². The van der Waals surface area contributed by atoms with Crippen LogP contribution >= 0.6 is 31.9 Å². The van der Waals surface area contributed by atoms with Crippen LogP contribution in [0.5, 0.6) is 0 Å². The third-order valence-corrected chi connectivity index (χ3v) is 4.55. The first-order valence-corrected chi connectivity index (χ1v) is 7.44. The molecule has 0 radical (unpaired) electrons. The molecule has 2 nitrogen and oxygen atoms in total. The van der Waals surface area contributed by atoms with Gasteiger partial charge in [0.25, 0.3) is 0 Å². The molecule has 0 aliphatic rings. The predicted octanol–water partition coefficient (Wildman–Crippen LogP) is 4.23. The number of halogens is 2. The zero-order valence-corrected chi connectivity index (χ0v) is 13.6. The zero-order valence-electron chi connectivity index (χ0n) is 10.4. The van der Waals surface area contributed by atoms with Crippen molar-refractivity contribution in [3.8, 4) is 0 Å². The van der Waals surface area contributed by atoms with Crippen molar-refractivity contribution in [1.82, 2.24) is 9.78 Å². The molecule has 0 fully saturated rings. The summed E-state index contributed by atoms with van der Waals surface area (Å²) in [6.07, 6.45) is 3.46. The molecule has 1 aromatic heterocycles. The smallest absolute Gasteiger partial charge is 0.0738 e. The quantitative estimate of drug-likeness (QED) is 0.725. The molecule has 0 aromatic carbocycles. The van der Waals surface area contributed by atoms with Crippen LogP contribution in [-0.4, -0.2) is 14.6 Å². The maximum atomic E-state index is 4.40. The largest absolute Gasteiger partial charge is 0.271 e. The highest BCUT2D eigenvalue weighted by atomic mass is 79.9. The fourth-order valence-corrected chi connectivity index (χ4v) is 3.39. The van der Waals surface area contributed by atoms with Crippen LogP contribution in [0, 0.1) is 12.8 Å². The van der Waals surface area contributed by atoms with Gasteiger partial charge in [0, 0.05) is 11.9 Å². The van der Waals surface area contributed by atoms with Gasteiger partial charge in [0.1, 0.15) is 0 Å². The van der Waals surface area contributed by atoms with E-state index in [-0.39, 0.29) is 0 Å². The second-order valence-electron chi connectivity index (χ2n) is 4.74. The molecule has 1 unspecified atom stereocenters. The normalized spacial score (nSPS) is 13.4. The summed E-state index contributed by atoms with van der Waals surface area (Å²) in [6, 6.07) is 0. The fraction of sp³-hybridized carbons (Fsp3) is 0.750. The summed E-state index contributed by atoms with van der Waals surface area (Å²) < 4.78 is 3.15. The van der Waals surface area contributed by atoms with Crippen LogP contribution in [-0.2, 0) is 13.5 Å². The van der Waals surface area contributed by atoms with Gasteiger partial charge in [-0.2, -0.15) is 5.10 Å². The highest BCUT2D eigenvalue weighted by molar-refractivity contribution is 9.10. The molecule has 1 atom stereocenters. The van der Waals surface area contributed by atoms with E-state index >= 15 is 0 Å². The summed E-state index contributed by atoms with van der Waals surface area (Å²) in [6.45, 7) is 6.56. The lowest BCUT2D eigenvalue weighted by atomic mass is 10.0. The second kappa shape index (κ2) is 6.20. The molecule has 1 heterocycles. The molecule has 92 valence electrons. The molecule has 0 spiro atoms. The zero-order chi connectivity index (χ0) is 12.3. The van der Waals surface area contributed by atoms with Crippen LogP contribution in [0.25, 0.3) is 0 Å². The van der Waals surface area contributed by atoms with Gasteiger partial charge < -0.3 is 0 Å². The predicted molar refractivity (Wildman–Crippen MR) is 76.1 cm³/mol. The Labute approximate surface area is 115 Å². The van der Waals surface area contributed by atoms with Gasteiger partial charge in [-0.15, -0.1) is 0 Å². The number of aryl methyl sites for hydroxylation is 2. The average Bonchev–Trinajstić information content (AvgIpc) is 2.38. The van der Waals surface area contributed by atoms with Crippen LogP contribution in [0.1, 0.15) is 38.1 Å². The van der Waals surface area contributed by atoms with Gasteiger partial charge in [-0.25, -0.2) is 0 Å². The first kappa shape index (κ1) is 14.2. The van der Waals surface area contributed by atoms with Crippen LogP contribution in [0.2, 0.25) is 0 Å². The summed E-state index contributed by atoms with van der Waals surface area (Å²) in [4.78, 5) is 0.606. The lowest BCUT2D eigenvalue weighted by Crippen LogP contribution is -2.07. The molecule has 4 heteroatoms. The van der Waals surface area contributed by atoms with Crippen molar-refractivity contribution >= 4 is 31.9 Å². The van der Waals surface area contributed by atoms with Crippen LogP contribution < -0.4 is 0 Å². The van der Waals surface area contributed by atoms with Gasteiger partial charge in [-0.05, 0) is 48.0 Å². The molecule has 16 heavy (non-hydrogen) atoms. The molecular weight excluding hydrogens is 332 g/mol. The minimum Gasteiger partial charge on any atom is -0.271 e. The van der Waals surface area contributed by atoms with Crippen molar-refractivity contribution in [2.24, 2.45) is 13.0 Å². The van der Waals surface area contributed by atoms with Gasteiger partial charge >= 0.3 is 0 Å². The van der Waals surface area contributed by atoms with Crippen molar-refractivity contribution in [1.29, 1.82) is 0 Å². The standard InChI is InChI=1S/C12H20Br2N2/c1-8(2)7-10(13)5-6-11-12(14)9(3)15-16(11)4/h8,10H,5-7H2,1-4H3. The molecule has 0 saturated heterocycles. The van der Waals surface area contributed by atoms with Crippen LogP contribution in [0.15, 0.2) is 4.47 Å². The van der Waals surface area contributed by atoms with E-state index < -0.39 is 0 Å². The summed E-state index contributed by atoms with van der Waals surface area (Å²) in [5.41, 5.74) is 2.37. The van der Waals surface area contributed by atoms with E-state index in [2.05, 4.69) is 50.8 Å². The number of aromatic nitrogens is 2. The van der Waals surface area contributed by atoms with Crippen molar-refractivity contribution in [2.45, 2.75) is 44.9 Å². The molecular formula is C12H20Br2N2. The molecule has 0 amide bonds. The SMILES string of the molecule is Cc1nn(C)c(CCC(Br)CC(C)C)c1Br. The Balaban J connectivity index is 2.54. The van der Waals surface area contributed by atoms with Crippen LogP contribution in [0.4, 0.5) is 0 Å². The van der Waals surface area contributed by atoms with Gasteiger partial charge in [0.2, 0.25) is 0 Å². The average molecular weight is 352 g/mol. The Bertz CT molecular complexity index is 345. The van der Waals surface area contributed by atoms with Gasteiger partial charge in [0.15, 0.2) is 0 Å². The summed E-state index contributed by atoms with van der Waals surface area (Å²) >= 11 is 7.35. The Morgan fingerprint density at radius 3 is 2.44 bits per heavy atom. The minimum absolute atomic E-state index is 0.606. The fourth-order valence-electron chi connectivity index (χ4n) is 1.87. The molecule has 0 aliphatic heterocycles. The Kier molecular flexibility index (Phi) is 5.51. The second-order valence-corrected chi connectivity index (χ2v) is 6.82. The number of nitrogens with zero attached hydrogens (tertiary/aromatic N) is 2. The van der Waals surface area contributed by atoms with E-state index in [0.29, 0.717) is 4.83 Å². The van der Waals surface area contributed by atoms with Gasteiger partial charge in [-0.1, -0.05) is 29.8 Å². The first-order chi connectivity index (χ1) is 7.41.